The first-order valence-electron chi connectivity index (χ1n) is 5.82. The number of hydrogen-bond donors (Lipinski definition) is 1. The van der Waals surface area contributed by atoms with Gasteiger partial charge in [0.15, 0.2) is 0 Å². The Hall–Kier alpha value is -1.22. The molecule has 0 heterocycles. The quantitative estimate of drug-likeness (QED) is 0.804. The van der Waals surface area contributed by atoms with Crippen molar-refractivity contribution in [1.82, 2.24) is 0 Å². The largest absolute Gasteiger partial charge is 0.493 e. The van der Waals surface area contributed by atoms with Crippen molar-refractivity contribution in [2.24, 2.45) is 5.73 Å². The zero-order chi connectivity index (χ0) is 12.0. The highest BCUT2D eigenvalue weighted by Crippen LogP contribution is 2.31. The second-order valence-corrected chi connectivity index (χ2v) is 3.58. The van der Waals surface area contributed by atoms with Crippen molar-refractivity contribution >= 4 is 0 Å². The van der Waals surface area contributed by atoms with E-state index in [1.54, 1.807) is 0 Å². The molecule has 3 heteroatoms. The summed E-state index contributed by atoms with van der Waals surface area (Å²) in [5.41, 5.74) is 7.81. The Kier molecular flexibility index (Phi) is 5.12. The monoisotopic (exact) mass is 223 g/mol. The molecule has 16 heavy (non-hydrogen) atoms. The lowest BCUT2D eigenvalue weighted by molar-refractivity contribution is 0.316. The fourth-order valence-corrected chi connectivity index (χ4v) is 1.74. The van der Waals surface area contributed by atoms with E-state index < -0.39 is 0 Å². The molecule has 0 unspecified atom stereocenters. The standard InChI is InChI=1S/C13H21NO2/c1-4-15-12-7-6-11(8-9-14)13(10(12)3)16-5-2/h6-7H,4-5,8-9,14H2,1-3H3. The van der Waals surface area contributed by atoms with E-state index in [-0.39, 0.29) is 0 Å². The third kappa shape index (κ3) is 2.89. The summed E-state index contributed by atoms with van der Waals surface area (Å²) in [4.78, 5) is 0. The van der Waals surface area contributed by atoms with Crippen LogP contribution in [0.5, 0.6) is 11.5 Å². The van der Waals surface area contributed by atoms with Crippen LogP contribution in [0.1, 0.15) is 25.0 Å². The Balaban J connectivity index is 3.07. The Bertz CT molecular complexity index is 337. The van der Waals surface area contributed by atoms with Crippen LogP contribution in [0.15, 0.2) is 12.1 Å². The average Bonchev–Trinajstić information content (AvgIpc) is 2.28. The summed E-state index contributed by atoms with van der Waals surface area (Å²) < 4.78 is 11.2. The van der Waals surface area contributed by atoms with Crippen molar-refractivity contribution in [1.29, 1.82) is 0 Å². The minimum Gasteiger partial charge on any atom is -0.493 e. The summed E-state index contributed by atoms with van der Waals surface area (Å²) in [5, 5.41) is 0. The average molecular weight is 223 g/mol. The molecule has 3 nitrogen and oxygen atoms in total. The normalized spacial score (nSPS) is 10.2. The number of ether oxygens (including phenoxy) is 2. The van der Waals surface area contributed by atoms with Crippen LogP contribution in [-0.2, 0) is 6.42 Å². The van der Waals surface area contributed by atoms with Crippen molar-refractivity contribution in [3.63, 3.8) is 0 Å². The van der Waals surface area contributed by atoms with E-state index in [4.69, 9.17) is 15.2 Å². The Morgan fingerprint density at radius 1 is 1.12 bits per heavy atom. The Morgan fingerprint density at radius 2 is 1.81 bits per heavy atom. The zero-order valence-corrected chi connectivity index (χ0v) is 10.4. The molecule has 0 aromatic heterocycles. The van der Waals surface area contributed by atoms with Crippen LogP contribution in [-0.4, -0.2) is 19.8 Å². The van der Waals surface area contributed by atoms with E-state index in [9.17, 15) is 0 Å². The number of rotatable bonds is 6. The van der Waals surface area contributed by atoms with E-state index in [0.29, 0.717) is 19.8 Å². The first-order valence-corrected chi connectivity index (χ1v) is 5.82. The lowest BCUT2D eigenvalue weighted by Gasteiger charge is -2.16. The molecule has 0 atom stereocenters. The van der Waals surface area contributed by atoms with Gasteiger partial charge in [-0.2, -0.15) is 0 Å². The second-order valence-electron chi connectivity index (χ2n) is 3.58. The van der Waals surface area contributed by atoms with Crippen LogP contribution < -0.4 is 15.2 Å². The summed E-state index contributed by atoms with van der Waals surface area (Å²) >= 11 is 0. The van der Waals surface area contributed by atoms with Gasteiger partial charge in [0.1, 0.15) is 11.5 Å². The number of hydrogen-bond acceptors (Lipinski definition) is 3. The van der Waals surface area contributed by atoms with Gasteiger partial charge in [-0.1, -0.05) is 6.07 Å². The molecule has 0 amide bonds. The maximum Gasteiger partial charge on any atom is 0.129 e. The summed E-state index contributed by atoms with van der Waals surface area (Å²) in [5.74, 6) is 1.82. The Morgan fingerprint density at radius 3 is 2.38 bits per heavy atom. The molecular weight excluding hydrogens is 202 g/mol. The van der Waals surface area contributed by atoms with E-state index in [1.165, 1.54) is 0 Å². The van der Waals surface area contributed by atoms with Crippen molar-refractivity contribution in [3.8, 4) is 11.5 Å². The van der Waals surface area contributed by atoms with Gasteiger partial charge in [0.05, 0.1) is 13.2 Å². The minimum atomic E-state index is 0.632. The maximum absolute atomic E-state index is 5.67. The highest BCUT2D eigenvalue weighted by Gasteiger charge is 2.11. The molecule has 0 aliphatic heterocycles. The molecule has 0 aliphatic carbocycles. The van der Waals surface area contributed by atoms with Crippen LogP contribution in [0.25, 0.3) is 0 Å². The van der Waals surface area contributed by atoms with Gasteiger partial charge < -0.3 is 15.2 Å². The summed E-state index contributed by atoms with van der Waals surface area (Å²) in [6.07, 6.45) is 0.836. The molecule has 0 fully saturated rings. The molecule has 0 radical (unpaired) electrons. The van der Waals surface area contributed by atoms with Crippen LogP contribution in [0, 0.1) is 6.92 Å². The third-order valence-corrected chi connectivity index (χ3v) is 2.44. The summed E-state index contributed by atoms with van der Waals surface area (Å²) in [6, 6.07) is 4.03. The molecule has 1 aromatic carbocycles. The Labute approximate surface area is 97.6 Å². The first kappa shape index (κ1) is 12.8. The highest BCUT2D eigenvalue weighted by atomic mass is 16.5. The van der Waals surface area contributed by atoms with E-state index in [2.05, 4.69) is 0 Å². The molecule has 1 rings (SSSR count). The number of benzene rings is 1. The molecular formula is C13H21NO2. The molecule has 0 aliphatic rings. The lowest BCUT2D eigenvalue weighted by atomic mass is 10.1. The molecule has 2 N–H and O–H groups in total. The third-order valence-electron chi connectivity index (χ3n) is 2.44. The number of nitrogens with two attached hydrogens (primary N) is 1. The molecule has 90 valence electrons. The lowest BCUT2D eigenvalue weighted by Crippen LogP contribution is -2.07. The van der Waals surface area contributed by atoms with Gasteiger partial charge in [0.2, 0.25) is 0 Å². The van der Waals surface area contributed by atoms with Gasteiger partial charge >= 0.3 is 0 Å². The molecule has 0 bridgehead atoms. The smallest absolute Gasteiger partial charge is 0.129 e. The minimum absolute atomic E-state index is 0.632. The zero-order valence-electron chi connectivity index (χ0n) is 10.4. The summed E-state index contributed by atoms with van der Waals surface area (Å²) in [6.45, 7) is 7.95. The van der Waals surface area contributed by atoms with E-state index >= 15 is 0 Å². The molecule has 0 saturated heterocycles. The SMILES string of the molecule is CCOc1ccc(CCN)c(OCC)c1C. The van der Waals surface area contributed by atoms with E-state index in [0.717, 1.165) is 29.0 Å². The van der Waals surface area contributed by atoms with Gasteiger partial charge in [-0.25, -0.2) is 0 Å². The predicted molar refractivity (Wildman–Crippen MR) is 66.3 cm³/mol. The van der Waals surface area contributed by atoms with Crippen molar-refractivity contribution in [2.45, 2.75) is 27.2 Å². The second kappa shape index (κ2) is 6.38. The van der Waals surface area contributed by atoms with Crippen molar-refractivity contribution in [3.05, 3.63) is 23.3 Å². The van der Waals surface area contributed by atoms with Crippen LogP contribution >= 0.6 is 0 Å². The molecule has 0 saturated carbocycles. The molecule has 0 spiro atoms. The fourth-order valence-electron chi connectivity index (χ4n) is 1.74. The fraction of sp³-hybridized carbons (Fsp3) is 0.538. The topological polar surface area (TPSA) is 44.5 Å². The van der Waals surface area contributed by atoms with E-state index in [1.807, 2.05) is 32.9 Å². The maximum atomic E-state index is 5.67. The van der Waals surface area contributed by atoms with Crippen molar-refractivity contribution in [2.75, 3.05) is 19.8 Å². The highest BCUT2D eigenvalue weighted by molar-refractivity contribution is 5.49. The molecule has 1 aromatic rings. The van der Waals surface area contributed by atoms with Gasteiger partial charge in [-0.15, -0.1) is 0 Å². The van der Waals surface area contributed by atoms with Crippen LogP contribution in [0.2, 0.25) is 0 Å². The summed E-state index contributed by atoms with van der Waals surface area (Å²) in [7, 11) is 0. The van der Waals surface area contributed by atoms with Gasteiger partial charge in [-0.05, 0) is 45.4 Å². The first-order chi connectivity index (χ1) is 7.74. The van der Waals surface area contributed by atoms with Crippen LogP contribution in [0.4, 0.5) is 0 Å². The van der Waals surface area contributed by atoms with Crippen LogP contribution in [0.3, 0.4) is 0 Å². The van der Waals surface area contributed by atoms with Gasteiger partial charge in [-0.3, -0.25) is 0 Å². The van der Waals surface area contributed by atoms with Gasteiger partial charge in [0.25, 0.3) is 0 Å². The predicted octanol–water partition coefficient (Wildman–Crippen LogP) is 2.29. The van der Waals surface area contributed by atoms with Crippen molar-refractivity contribution < 1.29 is 9.47 Å². The van der Waals surface area contributed by atoms with Gasteiger partial charge in [0, 0.05) is 5.56 Å².